The van der Waals surface area contributed by atoms with Crippen molar-refractivity contribution in [1.29, 1.82) is 0 Å². The molecule has 1 aromatic rings. The van der Waals surface area contributed by atoms with E-state index in [9.17, 15) is 4.79 Å². The van der Waals surface area contributed by atoms with E-state index in [4.69, 9.17) is 4.98 Å². The SMILES string of the molecule is CNC(=O)C1CCCN(Cc2csc(C3CC3)n2)C1. The van der Waals surface area contributed by atoms with E-state index in [0.717, 1.165) is 38.4 Å². The molecule has 5 heteroatoms. The molecule has 2 fully saturated rings. The van der Waals surface area contributed by atoms with Crippen LogP contribution in [0.4, 0.5) is 0 Å². The number of carbonyl (C=O) groups excluding carboxylic acids is 1. The van der Waals surface area contributed by atoms with Gasteiger partial charge in [0.2, 0.25) is 5.91 Å². The first-order valence-electron chi connectivity index (χ1n) is 7.14. The maximum Gasteiger partial charge on any atom is 0.224 e. The predicted molar refractivity (Wildman–Crippen MR) is 76.2 cm³/mol. The summed E-state index contributed by atoms with van der Waals surface area (Å²) < 4.78 is 0. The summed E-state index contributed by atoms with van der Waals surface area (Å²) in [6, 6.07) is 0. The summed E-state index contributed by atoms with van der Waals surface area (Å²) in [5.74, 6) is 1.08. The van der Waals surface area contributed by atoms with Gasteiger partial charge in [-0.05, 0) is 32.2 Å². The molecule has 104 valence electrons. The Labute approximate surface area is 118 Å². The highest BCUT2D eigenvalue weighted by atomic mass is 32.1. The summed E-state index contributed by atoms with van der Waals surface area (Å²) in [5, 5.41) is 6.27. The molecule has 0 bridgehead atoms. The van der Waals surface area contributed by atoms with Gasteiger partial charge in [-0.2, -0.15) is 0 Å². The van der Waals surface area contributed by atoms with E-state index in [1.165, 1.54) is 23.5 Å². The molecule has 4 nitrogen and oxygen atoms in total. The Morgan fingerprint density at radius 3 is 3.11 bits per heavy atom. The minimum absolute atomic E-state index is 0.153. The second kappa shape index (κ2) is 5.59. The average molecular weight is 279 g/mol. The molecular weight excluding hydrogens is 258 g/mol. The number of piperidine rings is 1. The van der Waals surface area contributed by atoms with E-state index >= 15 is 0 Å². The number of nitrogens with zero attached hydrogens (tertiary/aromatic N) is 2. The lowest BCUT2D eigenvalue weighted by Gasteiger charge is -2.31. The van der Waals surface area contributed by atoms with Crippen molar-refractivity contribution >= 4 is 17.2 Å². The van der Waals surface area contributed by atoms with Crippen LogP contribution >= 0.6 is 11.3 Å². The van der Waals surface area contributed by atoms with Crippen LogP contribution in [0.3, 0.4) is 0 Å². The van der Waals surface area contributed by atoms with Crippen LogP contribution < -0.4 is 5.32 Å². The van der Waals surface area contributed by atoms with E-state index < -0.39 is 0 Å². The van der Waals surface area contributed by atoms with Crippen molar-refractivity contribution in [2.45, 2.75) is 38.1 Å². The number of thiazole rings is 1. The van der Waals surface area contributed by atoms with Crippen LogP contribution in [0, 0.1) is 5.92 Å². The maximum absolute atomic E-state index is 11.7. The highest BCUT2D eigenvalue weighted by molar-refractivity contribution is 7.09. The van der Waals surface area contributed by atoms with Crippen LogP contribution in [-0.4, -0.2) is 35.9 Å². The molecule has 3 rings (SSSR count). The Hall–Kier alpha value is -0.940. The molecule has 2 aliphatic rings. The molecule has 1 aliphatic heterocycles. The molecule has 1 saturated carbocycles. The lowest BCUT2D eigenvalue weighted by molar-refractivity contribution is -0.126. The first-order valence-corrected chi connectivity index (χ1v) is 8.02. The van der Waals surface area contributed by atoms with Crippen LogP contribution in [0.15, 0.2) is 5.38 Å². The zero-order valence-electron chi connectivity index (χ0n) is 11.4. The van der Waals surface area contributed by atoms with Crippen LogP contribution in [0.5, 0.6) is 0 Å². The summed E-state index contributed by atoms with van der Waals surface area (Å²) in [7, 11) is 1.73. The summed E-state index contributed by atoms with van der Waals surface area (Å²) in [5.41, 5.74) is 1.18. The average Bonchev–Trinajstić information content (AvgIpc) is 3.19. The van der Waals surface area contributed by atoms with Crippen LogP contribution in [0.25, 0.3) is 0 Å². The summed E-state index contributed by atoms with van der Waals surface area (Å²) >= 11 is 1.80. The number of likely N-dealkylation sites (tertiary alicyclic amines) is 1. The molecule has 1 atom stereocenters. The standard InChI is InChI=1S/C14H21N3OS/c1-15-13(18)11-3-2-6-17(7-11)8-12-9-19-14(16-12)10-4-5-10/h9-11H,2-8H2,1H3,(H,15,18). The quantitative estimate of drug-likeness (QED) is 0.916. The van der Waals surface area contributed by atoms with Crippen molar-refractivity contribution < 1.29 is 4.79 Å². The smallest absolute Gasteiger partial charge is 0.224 e. The lowest BCUT2D eigenvalue weighted by atomic mass is 9.97. The van der Waals surface area contributed by atoms with Crippen LogP contribution in [0.1, 0.15) is 42.3 Å². The molecule has 1 aromatic heterocycles. The van der Waals surface area contributed by atoms with Crippen molar-refractivity contribution in [2.75, 3.05) is 20.1 Å². The molecular formula is C14H21N3OS. The Balaban J connectivity index is 1.57. The zero-order chi connectivity index (χ0) is 13.2. The van der Waals surface area contributed by atoms with E-state index in [2.05, 4.69) is 15.6 Å². The molecule has 1 unspecified atom stereocenters. The summed E-state index contributed by atoms with van der Waals surface area (Å²) in [6.45, 7) is 2.86. The molecule has 2 heterocycles. The number of aromatic nitrogens is 1. The van der Waals surface area contributed by atoms with Crippen molar-refractivity contribution in [3.63, 3.8) is 0 Å². The lowest BCUT2D eigenvalue weighted by Crippen LogP contribution is -2.41. The fourth-order valence-electron chi connectivity index (χ4n) is 2.76. The monoisotopic (exact) mass is 279 g/mol. The molecule has 0 radical (unpaired) electrons. The third-order valence-electron chi connectivity index (χ3n) is 4.00. The van der Waals surface area contributed by atoms with Gasteiger partial charge in [0.1, 0.15) is 0 Å². The molecule has 1 amide bonds. The Morgan fingerprint density at radius 2 is 2.37 bits per heavy atom. The van der Waals surface area contributed by atoms with Gasteiger partial charge in [0.05, 0.1) is 16.6 Å². The molecule has 0 spiro atoms. The molecule has 19 heavy (non-hydrogen) atoms. The molecule has 0 aromatic carbocycles. The van der Waals surface area contributed by atoms with E-state index in [1.807, 2.05) is 0 Å². The minimum Gasteiger partial charge on any atom is -0.359 e. The second-order valence-corrected chi connectivity index (χ2v) is 6.53. The topological polar surface area (TPSA) is 45.2 Å². The number of hydrogen-bond donors (Lipinski definition) is 1. The van der Waals surface area contributed by atoms with Gasteiger partial charge in [-0.3, -0.25) is 9.69 Å². The normalized spacial score (nSPS) is 24.4. The first kappa shape index (κ1) is 13.1. The largest absolute Gasteiger partial charge is 0.359 e. The van der Waals surface area contributed by atoms with Gasteiger partial charge in [-0.1, -0.05) is 0 Å². The van der Waals surface area contributed by atoms with Crippen molar-refractivity contribution in [3.05, 3.63) is 16.1 Å². The highest BCUT2D eigenvalue weighted by Crippen LogP contribution is 2.41. The number of hydrogen-bond acceptors (Lipinski definition) is 4. The van der Waals surface area contributed by atoms with Gasteiger partial charge in [-0.25, -0.2) is 4.98 Å². The Bertz CT molecular complexity index is 455. The van der Waals surface area contributed by atoms with E-state index in [0.29, 0.717) is 0 Å². The molecule has 1 aliphatic carbocycles. The Kier molecular flexibility index (Phi) is 3.84. The van der Waals surface area contributed by atoms with E-state index in [-0.39, 0.29) is 11.8 Å². The van der Waals surface area contributed by atoms with Crippen LogP contribution in [-0.2, 0) is 11.3 Å². The number of rotatable bonds is 4. The van der Waals surface area contributed by atoms with Crippen molar-refractivity contribution in [3.8, 4) is 0 Å². The maximum atomic E-state index is 11.7. The van der Waals surface area contributed by atoms with Gasteiger partial charge < -0.3 is 5.32 Å². The summed E-state index contributed by atoms with van der Waals surface area (Å²) in [6.07, 6.45) is 4.75. The van der Waals surface area contributed by atoms with Crippen LogP contribution in [0.2, 0.25) is 0 Å². The van der Waals surface area contributed by atoms with Gasteiger partial charge in [0, 0.05) is 31.4 Å². The van der Waals surface area contributed by atoms with Crippen molar-refractivity contribution in [2.24, 2.45) is 5.92 Å². The molecule has 1 saturated heterocycles. The predicted octanol–water partition coefficient (Wildman–Crippen LogP) is 1.98. The summed E-state index contributed by atoms with van der Waals surface area (Å²) in [4.78, 5) is 18.8. The fourth-order valence-corrected chi connectivity index (χ4v) is 3.74. The van der Waals surface area contributed by atoms with E-state index in [1.54, 1.807) is 18.4 Å². The minimum atomic E-state index is 0.153. The second-order valence-electron chi connectivity index (χ2n) is 5.64. The third-order valence-corrected chi connectivity index (χ3v) is 5.06. The Morgan fingerprint density at radius 1 is 1.53 bits per heavy atom. The molecule has 1 N–H and O–H groups in total. The van der Waals surface area contributed by atoms with Gasteiger partial charge >= 0.3 is 0 Å². The number of nitrogens with one attached hydrogen (secondary N) is 1. The van der Waals surface area contributed by atoms with Gasteiger partial charge in [0.15, 0.2) is 0 Å². The highest BCUT2D eigenvalue weighted by Gasteiger charge is 2.28. The first-order chi connectivity index (χ1) is 9.26. The van der Waals surface area contributed by atoms with Gasteiger partial charge in [-0.15, -0.1) is 11.3 Å². The zero-order valence-corrected chi connectivity index (χ0v) is 12.2. The third kappa shape index (κ3) is 3.15. The number of carbonyl (C=O) groups is 1. The fraction of sp³-hybridized carbons (Fsp3) is 0.714. The van der Waals surface area contributed by atoms with Crippen molar-refractivity contribution in [1.82, 2.24) is 15.2 Å². The number of amides is 1. The van der Waals surface area contributed by atoms with Gasteiger partial charge in [0.25, 0.3) is 0 Å².